The van der Waals surface area contributed by atoms with Crippen LogP contribution < -0.4 is 25.8 Å². The van der Waals surface area contributed by atoms with Crippen molar-refractivity contribution in [2.75, 3.05) is 35.2 Å². The summed E-state index contributed by atoms with van der Waals surface area (Å²) in [4.78, 5) is 40.7. The average molecular weight is 742 g/mol. The number of carbonyl (C=O) groups is 2. The number of Topliss-reactive ketones (excluding diaryl/α,β-unsaturated/α-hetero) is 2. The van der Waals surface area contributed by atoms with Gasteiger partial charge in [-0.25, -0.2) is 0 Å². The normalized spacial score (nSPS) is 18.4. The Morgan fingerprint density at radius 3 is 2.35 bits per heavy atom. The molecular weight excluding hydrogens is 695 g/mol. The predicted octanol–water partition coefficient (Wildman–Crippen LogP) is 7.31. The number of ether oxygens (including phenoxy) is 1. The van der Waals surface area contributed by atoms with E-state index in [1.165, 1.54) is 16.2 Å². The van der Waals surface area contributed by atoms with E-state index in [9.17, 15) is 27.6 Å². The molecule has 1 aliphatic carbocycles. The van der Waals surface area contributed by atoms with Crippen molar-refractivity contribution in [2.45, 2.75) is 83.9 Å². The first kappa shape index (κ1) is 37.2. The molecule has 1 atom stereocenters. The lowest BCUT2D eigenvalue weighted by Crippen LogP contribution is -2.39. The van der Waals surface area contributed by atoms with Crippen LogP contribution in [0.25, 0.3) is 11.1 Å². The quantitative estimate of drug-likeness (QED) is 0.173. The van der Waals surface area contributed by atoms with E-state index in [1.54, 1.807) is 39.2 Å². The van der Waals surface area contributed by atoms with Crippen LogP contribution in [0, 0.1) is 13.8 Å². The van der Waals surface area contributed by atoms with Gasteiger partial charge in [0.15, 0.2) is 5.78 Å². The van der Waals surface area contributed by atoms with Crippen LogP contribution in [0.2, 0.25) is 0 Å². The van der Waals surface area contributed by atoms with Crippen molar-refractivity contribution >= 4 is 28.6 Å². The highest BCUT2D eigenvalue weighted by Crippen LogP contribution is 2.36. The number of alkyl halides is 3. The molecule has 1 unspecified atom stereocenters. The second-order valence-electron chi connectivity index (χ2n) is 14.9. The zero-order valence-corrected chi connectivity index (χ0v) is 30.9. The molecule has 3 aliphatic rings. The van der Waals surface area contributed by atoms with Gasteiger partial charge in [0.1, 0.15) is 11.5 Å². The SMILES string of the molecule is Cc1c(-c2ccc(CN3CCc4c(cccc4NC4CCN(c5ccc(NC6CCC(=O)CC6=O)cc5)CC4)C3)c(OC(F)(F)F)c2)cn(C)c(=O)c1C. The summed E-state index contributed by atoms with van der Waals surface area (Å²) in [5.41, 5.74) is 8.36. The van der Waals surface area contributed by atoms with E-state index in [-0.39, 0.29) is 35.3 Å². The molecule has 12 heteroatoms. The highest BCUT2D eigenvalue weighted by molar-refractivity contribution is 6.05. The predicted molar refractivity (Wildman–Crippen MR) is 204 cm³/mol. The number of nitrogens with one attached hydrogen (secondary N) is 2. The maximum atomic E-state index is 13.6. The van der Waals surface area contributed by atoms with Crippen molar-refractivity contribution < 1.29 is 27.5 Å². The second-order valence-corrected chi connectivity index (χ2v) is 14.9. The molecule has 3 aromatic carbocycles. The Kier molecular flexibility index (Phi) is 10.6. The first-order chi connectivity index (χ1) is 25.8. The van der Waals surface area contributed by atoms with Gasteiger partial charge in [0, 0.05) is 92.2 Å². The van der Waals surface area contributed by atoms with Gasteiger partial charge in [-0.15, -0.1) is 13.2 Å². The molecule has 0 amide bonds. The molecule has 54 heavy (non-hydrogen) atoms. The van der Waals surface area contributed by atoms with E-state index in [4.69, 9.17) is 0 Å². The number of piperidine rings is 1. The number of fused-ring (bicyclic) bond motifs is 1. The molecule has 0 radical (unpaired) electrons. The zero-order chi connectivity index (χ0) is 38.1. The van der Waals surface area contributed by atoms with Crippen molar-refractivity contribution in [1.29, 1.82) is 0 Å². The summed E-state index contributed by atoms with van der Waals surface area (Å²) in [7, 11) is 1.63. The first-order valence-corrected chi connectivity index (χ1v) is 18.6. The molecule has 9 nitrogen and oxygen atoms in total. The van der Waals surface area contributed by atoms with Gasteiger partial charge in [0.05, 0.1) is 12.5 Å². The van der Waals surface area contributed by atoms with Crippen molar-refractivity contribution in [2.24, 2.45) is 7.05 Å². The molecule has 3 heterocycles. The number of aromatic nitrogens is 1. The largest absolute Gasteiger partial charge is 0.573 e. The number of anilines is 3. The molecule has 0 bridgehead atoms. The van der Waals surface area contributed by atoms with Crippen LogP contribution in [0.15, 0.2) is 71.7 Å². The summed E-state index contributed by atoms with van der Waals surface area (Å²) in [5.74, 6) is -0.256. The molecule has 284 valence electrons. The van der Waals surface area contributed by atoms with Crippen molar-refractivity contribution in [3.63, 3.8) is 0 Å². The van der Waals surface area contributed by atoms with Gasteiger partial charge in [0.2, 0.25) is 0 Å². The highest BCUT2D eigenvalue weighted by Gasteiger charge is 2.33. The van der Waals surface area contributed by atoms with Crippen LogP contribution in [0.1, 0.15) is 59.9 Å². The van der Waals surface area contributed by atoms with E-state index in [0.29, 0.717) is 60.8 Å². The Labute approximate surface area is 313 Å². The van der Waals surface area contributed by atoms with Crippen LogP contribution in [0.5, 0.6) is 5.75 Å². The van der Waals surface area contributed by atoms with Gasteiger partial charge < -0.3 is 24.8 Å². The minimum absolute atomic E-state index is 0.0187. The van der Waals surface area contributed by atoms with Gasteiger partial charge in [-0.3, -0.25) is 19.3 Å². The third kappa shape index (κ3) is 8.33. The number of halogens is 3. The van der Waals surface area contributed by atoms with E-state index < -0.39 is 6.36 Å². The number of ketones is 2. The lowest BCUT2D eigenvalue weighted by atomic mass is 9.93. The molecule has 1 saturated heterocycles. The zero-order valence-electron chi connectivity index (χ0n) is 30.9. The Morgan fingerprint density at radius 2 is 1.63 bits per heavy atom. The molecule has 1 aromatic heterocycles. The van der Waals surface area contributed by atoms with Crippen LogP contribution >= 0.6 is 0 Å². The average Bonchev–Trinajstić information content (AvgIpc) is 3.14. The Hall–Kier alpha value is -5.10. The standard InChI is InChI=1S/C42H46F3N5O4/c1-26-27(2)41(53)48(3)25-36(26)28-7-8-30(40(21-28)54-42(43,44)45)24-49-18-17-35-29(23-49)5-4-6-37(35)46-32-15-19-50(20-16-32)33-11-9-31(10-12-33)47-38-14-13-34(51)22-39(38)52/h4-12,21,25,32,38,46-47H,13-20,22-24H2,1-3H3. The van der Waals surface area contributed by atoms with Crippen LogP contribution in [0.3, 0.4) is 0 Å². The van der Waals surface area contributed by atoms with Gasteiger partial charge in [0.25, 0.3) is 5.56 Å². The minimum Gasteiger partial charge on any atom is -0.405 e. The van der Waals surface area contributed by atoms with Crippen LogP contribution in [-0.4, -0.2) is 59.1 Å². The van der Waals surface area contributed by atoms with Crippen molar-refractivity contribution in [3.8, 4) is 16.9 Å². The number of pyridine rings is 1. The number of carbonyl (C=O) groups excluding carboxylic acids is 2. The topological polar surface area (TPSA) is 95.9 Å². The maximum absolute atomic E-state index is 13.6. The summed E-state index contributed by atoms with van der Waals surface area (Å²) in [6.45, 7) is 6.91. The fourth-order valence-electron chi connectivity index (χ4n) is 8.01. The Morgan fingerprint density at radius 1 is 0.870 bits per heavy atom. The summed E-state index contributed by atoms with van der Waals surface area (Å²) in [5, 5.41) is 7.09. The second kappa shape index (κ2) is 15.3. The number of hydrogen-bond donors (Lipinski definition) is 2. The van der Waals surface area contributed by atoms with Crippen LogP contribution in [-0.2, 0) is 36.1 Å². The smallest absolute Gasteiger partial charge is 0.405 e. The fourth-order valence-corrected chi connectivity index (χ4v) is 8.01. The lowest BCUT2D eigenvalue weighted by Gasteiger charge is -2.36. The van der Waals surface area contributed by atoms with Gasteiger partial charge in [-0.2, -0.15) is 0 Å². The lowest BCUT2D eigenvalue weighted by molar-refractivity contribution is -0.275. The maximum Gasteiger partial charge on any atom is 0.573 e. The van der Waals surface area contributed by atoms with Crippen molar-refractivity contribution in [3.05, 3.63) is 105 Å². The molecule has 2 aliphatic heterocycles. The Bertz CT molecular complexity index is 2100. The molecular formula is C42H46F3N5O4. The summed E-state index contributed by atoms with van der Waals surface area (Å²) in [6.07, 6.45) is 0.511. The summed E-state index contributed by atoms with van der Waals surface area (Å²) >= 11 is 0. The Balaban J connectivity index is 0.972. The van der Waals surface area contributed by atoms with Gasteiger partial charge >= 0.3 is 6.36 Å². The molecule has 1 saturated carbocycles. The third-order valence-corrected chi connectivity index (χ3v) is 11.2. The van der Waals surface area contributed by atoms with Gasteiger partial charge in [-0.1, -0.05) is 24.3 Å². The third-order valence-electron chi connectivity index (χ3n) is 11.2. The number of hydrogen-bond acceptors (Lipinski definition) is 8. The molecule has 2 fully saturated rings. The minimum atomic E-state index is -4.85. The number of rotatable bonds is 9. The highest BCUT2D eigenvalue weighted by atomic mass is 19.4. The molecule has 0 spiro atoms. The van der Waals surface area contributed by atoms with Gasteiger partial charge in [-0.05, 0) is 98.2 Å². The van der Waals surface area contributed by atoms with E-state index >= 15 is 0 Å². The van der Waals surface area contributed by atoms with E-state index in [1.807, 2.05) is 18.2 Å². The monoisotopic (exact) mass is 741 g/mol. The summed E-state index contributed by atoms with van der Waals surface area (Å²) in [6, 6.07) is 19.4. The molecule has 7 rings (SSSR count). The fraction of sp³-hybridized carbons (Fsp3) is 0.405. The first-order valence-electron chi connectivity index (χ1n) is 18.6. The van der Waals surface area contributed by atoms with Crippen LogP contribution in [0.4, 0.5) is 30.2 Å². The van der Waals surface area contributed by atoms with E-state index in [0.717, 1.165) is 60.5 Å². The summed E-state index contributed by atoms with van der Waals surface area (Å²) < 4.78 is 46.9. The number of benzene rings is 3. The molecule has 4 aromatic rings. The number of aryl methyl sites for hydroxylation is 1. The van der Waals surface area contributed by atoms with E-state index in [2.05, 4.69) is 49.4 Å². The number of nitrogens with zero attached hydrogens (tertiary/aromatic N) is 3. The van der Waals surface area contributed by atoms with Crippen molar-refractivity contribution in [1.82, 2.24) is 9.47 Å². The molecule has 2 N–H and O–H groups in total.